The van der Waals surface area contributed by atoms with Gasteiger partial charge < -0.3 is 15.3 Å². The second kappa shape index (κ2) is 5.83. The van der Waals surface area contributed by atoms with Gasteiger partial charge >= 0.3 is 5.69 Å². The van der Waals surface area contributed by atoms with Gasteiger partial charge in [-0.15, -0.1) is 0 Å². The Kier molecular flexibility index (Phi) is 3.90. The Bertz CT molecular complexity index is 806. The first-order valence-corrected chi connectivity index (χ1v) is 7.47. The first kappa shape index (κ1) is 14.0. The molecule has 0 radical (unpaired) electrons. The SMILES string of the molecule is CC(NCc1ccc(Br)cn1)c1ccc2[nH]c(=O)[nH]c2c1. The Morgan fingerprint density at radius 1 is 1.24 bits per heavy atom. The minimum Gasteiger partial charge on any atom is -0.306 e. The number of fused-ring (bicyclic) bond motifs is 1. The van der Waals surface area contributed by atoms with E-state index in [-0.39, 0.29) is 11.7 Å². The van der Waals surface area contributed by atoms with E-state index in [1.807, 2.05) is 30.3 Å². The van der Waals surface area contributed by atoms with Gasteiger partial charge in [0.05, 0.1) is 16.7 Å². The molecule has 0 bridgehead atoms. The van der Waals surface area contributed by atoms with Crippen molar-refractivity contribution < 1.29 is 0 Å². The van der Waals surface area contributed by atoms with E-state index in [0.717, 1.165) is 26.8 Å². The van der Waals surface area contributed by atoms with Crippen molar-refractivity contribution >= 4 is 27.0 Å². The van der Waals surface area contributed by atoms with E-state index >= 15 is 0 Å². The van der Waals surface area contributed by atoms with E-state index in [4.69, 9.17) is 0 Å². The number of aromatic nitrogens is 3. The van der Waals surface area contributed by atoms with Crippen LogP contribution >= 0.6 is 15.9 Å². The molecule has 21 heavy (non-hydrogen) atoms. The highest BCUT2D eigenvalue weighted by atomic mass is 79.9. The molecular weight excluding hydrogens is 332 g/mol. The van der Waals surface area contributed by atoms with Crippen LogP contribution < -0.4 is 11.0 Å². The molecule has 108 valence electrons. The van der Waals surface area contributed by atoms with Gasteiger partial charge in [0.1, 0.15) is 0 Å². The standard InChI is InChI=1S/C15H15BrN4O/c1-9(17-8-12-4-3-11(16)7-18-12)10-2-5-13-14(6-10)20-15(21)19-13/h2-7,9,17H,8H2,1H3,(H2,19,20,21). The van der Waals surface area contributed by atoms with Gasteiger partial charge in [0.2, 0.25) is 0 Å². The molecule has 1 aromatic carbocycles. The number of pyridine rings is 1. The van der Waals surface area contributed by atoms with Gasteiger partial charge in [0, 0.05) is 23.3 Å². The van der Waals surface area contributed by atoms with Gasteiger partial charge in [-0.2, -0.15) is 0 Å². The maximum Gasteiger partial charge on any atom is 0.323 e. The predicted octanol–water partition coefficient (Wildman–Crippen LogP) is 2.86. The number of halogens is 1. The quantitative estimate of drug-likeness (QED) is 0.680. The fourth-order valence-electron chi connectivity index (χ4n) is 2.21. The maximum atomic E-state index is 11.3. The topological polar surface area (TPSA) is 73.6 Å². The van der Waals surface area contributed by atoms with Crippen molar-refractivity contribution in [3.63, 3.8) is 0 Å². The van der Waals surface area contributed by atoms with Crippen LogP contribution in [-0.4, -0.2) is 15.0 Å². The van der Waals surface area contributed by atoms with Gasteiger partial charge in [-0.05, 0) is 52.7 Å². The summed E-state index contributed by atoms with van der Waals surface area (Å²) in [5.74, 6) is 0. The van der Waals surface area contributed by atoms with E-state index in [0.29, 0.717) is 6.54 Å². The number of hydrogen-bond acceptors (Lipinski definition) is 3. The third-order valence-electron chi connectivity index (χ3n) is 3.42. The summed E-state index contributed by atoms with van der Waals surface area (Å²) in [6, 6.07) is 10.0. The van der Waals surface area contributed by atoms with E-state index in [1.54, 1.807) is 6.20 Å². The second-order valence-corrected chi connectivity index (χ2v) is 5.87. The summed E-state index contributed by atoms with van der Waals surface area (Å²) >= 11 is 3.37. The Hall–Kier alpha value is -1.92. The third kappa shape index (κ3) is 3.22. The van der Waals surface area contributed by atoms with Crippen molar-refractivity contribution in [2.45, 2.75) is 19.5 Å². The van der Waals surface area contributed by atoms with E-state index in [9.17, 15) is 4.79 Å². The Morgan fingerprint density at radius 3 is 2.81 bits per heavy atom. The van der Waals surface area contributed by atoms with Crippen LogP contribution in [0.3, 0.4) is 0 Å². The summed E-state index contributed by atoms with van der Waals surface area (Å²) in [4.78, 5) is 21.1. The minimum absolute atomic E-state index is 0.165. The summed E-state index contributed by atoms with van der Waals surface area (Å²) in [6.07, 6.45) is 1.79. The molecule has 0 amide bonds. The number of H-pyrrole nitrogens is 2. The lowest BCUT2D eigenvalue weighted by Crippen LogP contribution is -2.18. The van der Waals surface area contributed by atoms with Crippen LogP contribution in [0.2, 0.25) is 0 Å². The molecule has 6 heteroatoms. The molecule has 0 aliphatic heterocycles. The van der Waals surface area contributed by atoms with Crippen molar-refractivity contribution in [1.29, 1.82) is 0 Å². The van der Waals surface area contributed by atoms with E-state index < -0.39 is 0 Å². The van der Waals surface area contributed by atoms with Gasteiger partial charge in [-0.25, -0.2) is 4.79 Å². The largest absolute Gasteiger partial charge is 0.323 e. The number of nitrogens with zero attached hydrogens (tertiary/aromatic N) is 1. The van der Waals surface area contributed by atoms with Crippen LogP contribution in [-0.2, 0) is 6.54 Å². The zero-order chi connectivity index (χ0) is 14.8. The summed E-state index contributed by atoms with van der Waals surface area (Å²) in [5.41, 5.74) is 3.58. The molecule has 0 saturated carbocycles. The fourth-order valence-corrected chi connectivity index (χ4v) is 2.44. The van der Waals surface area contributed by atoms with Crippen molar-refractivity contribution in [2.24, 2.45) is 0 Å². The van der Waals surface area contributed by atoms with Crippen LogP contribution in [0.25, 0.3) is 11.0 Å². The normalized spacial score (nSPS) is 12.7. The van der Waals surface area contributed by atoms with Crippen LogP contribution in [0.5, 0.6) is 0 Å². The van der Waals surface area contributed by atoms with Crippen LogP contribution in [0.4, 0.5) is 0 Å². The number of benzene rings is 1. The molecule has 1 atom stereocenters. The molecule has 5 nitrogen and oxygen atoms in total. The number of rotatable bonds is 4. The van der Waals surface area contributed by atoms with Crippen molar-refractivity contribution in [3.8, 4) is 0 Å². The average Bonchev–Trinajstić information content (AvgIpc) is 2.85. The number of aromatic amines is 2. The minimum atomic E-state index is -0.179. The lowest BCUT2D eigenvalue weighted by atomic mass is 10.1. The molecule has 0 saturated heterocycles. The number of hydrogen-bond donors (Lipinski definition) is 3. The summed E-state index contributed by atoms with van der Waals surface area (Å²) in [6.45, 7) is 2.78. The lowest BCUT2D eigenvalue weighted by Gasteiger charge is -2.14. The third-order valence-corrected chi connectivity index (χ3v) is 3.89. The van der Waals surface area contributed by atoms with Gasteiger partial charge in [0.25, 0.3) is 0 Å². The summed E-state index contributed by atoms with van der Waals surface area (Å²) in [5, 5.41) is 3.43. The summed E-state index contributed by atoms with van der Waals surface area (Å²) < 4.78 is 0.973. The van der Waals surface area contributed by atoms with E-state index in [1.165, 1.54) is 0 Å². The molecule has 3 rings (SSSR count). The molecule has 1 unspecified atom stereocenters. The maximum absolute atomic E-state index is 11.3. The van der Waals surface area contributed by atoms with Crippen molar-refractivity contribution in [2.75, 3.05) is 0 Å². The van der Waals surface area contributed by atoms with Crippen molar-refractivity contribution in [1.82, 2.24) is 20.3 Å². The highest BCUT2D eigenvalue weighted by Gasteiger charge is 2.07. The zero-order valence-corrected chi connectivity index (χ0v) is 13.1. The van der Waals surface area contributed by atoms with Gasteiger partial charge in [-0.3, -0.25) is 4.98 Å². The van der Waals surface area contributed by atoms with Crippen molar-refractivity contribution in [3.05, 3.63) is 62.7 Å². The zero-order valence-electron chi connectivity index (χ0n) is 11.5. The second-order valence-electron chi connectivity index (χ2n) is 4.95. The van der Waals surface area contributed by atoms with Crippen LogP contribution in [0.15, 0.2) is 45.8 Å². The smallest absolute Gasteiger partial charge is 0.306 e. The number of imidazole rings is 1. The molecule has 2 heterocycles. The Balaban J connectivity index is 1.72. The van der Waals surface area contributed by atoms with E-state index in [2.05, 4.69) is 43.1 Å². The first-order valence-electron chi connectivity index (χ1n) is 6.67. The Labute approximate surface area is 129 Å². The molecule has 2 aromatic heterocycles. The fraction of sp³-hybridized carbons (Fsp3) is 0.200. The summed E-state index contributed by atoms with van der Waals surface area (Å²) in [7, 11) is 0. The monoisotopic (exact) mass is 346 g/mol. The molecule has 3 aromatic rings. The molecule has 0 aliphatic carbocycles. The highest BCUT2D eigenvalue weighted by Crippen LogP contribution is 2.17. The highest BCUT2D eigenvalue weighted by molar-refractivity contribution is 9.10. The molecule has 0 fully saturated rings. The lowest BCUT2D eigenvalue weighted by molar-refractivity contribution is 0.568. The molecule has 3 N–H and O–H groups in total. The predicted molar refractivity (Wildman–Crippen MR) is 86.1 cm³/mol. The van der Waals surface area contributed by atoms with Crippen LogP contribution in [0, 0.1) is 0 Å². The molecule has 0 aliphatic rings. The first-order chi connectivity index (χ1) is 10.1. The van der Waals surface area contributed by atoms with Crippen LogP contribution in [0.1, 0.15) is 24.2 Å². The average molecular weight is 347 g/mol. The Morgan fingerprint density at radius 2 is 2.05 bits per heavy atom. The molecule has 0 spiro atoms. The van der Waals surface area contributed by atoms with Gasteiger partial charge in [0.15, 0.2) is 0 Å². The number of nitrogens with one attached hydrogen (secondary N) is 3. The molecular formula is C15H15BrN4O. The van der Waals surface area contributed by atoms with Gasteiger partial charge in [-0.1, -0.05) is 6.07 Å².